The molecule has 9 aromatic carbocycles. The first-order valence-electron chi connectivity index (χ1n) is 19.9. The molecule has 272 valence electrons. The van der Waals surface area contributed by atoms with Crippen LogP contribution in [-0.4, -0.2) is 4.57 Å². The number of hydrogen-bond donors (Lipinski definition) is 0. The predicted molar refractivity (Wildman–Crippen MR) is 238 cm³/mol. The molecule has 0 radical (unpaired) electrons. The Labute approximate surface area is 337 Å². The second-order valence-corrected chi connectivity index (χ2v) is 15.2. The number of aromatic nitrogens is 1. The molecule has 12 rings (SSSR count). The zero-order valence-corrected chi connectivity index (χ0v) is 31.6. The lowest BCUT2D eigenvalue weighted by molar-refractivity contribution is 0.434. The van der Waals surface area contributed by atoms with Gasteiger partial charge in [0, 0.05) is 38.8 Å². The van der Waals surface area contributed by atoms with Crippen molar-refractivity contribution in [2.24, 2.45) is 0 Å². The van der Waals surface area contributed by atoms with E-state index in [9.17, 15) is 0 Å². The van der Waals surface area contributed by atoms with Crippen molar-refractivity contribution in [3.05, 3.63) is 241 Å². The Kier molecular flexibility index (Phi) is 7.14. The zero-order chi connectivity index (χ0) is 38.2. The maximum Gasteiger partial charge on any atom is 0.132 e. The lowest BCUT2D eigenvalue weighted by Gasteiger charge is -2.45. The maximum atomic E-state index is 6.94. The zero-order valence-electron chi connectivity index (χ0n) is 31.6. The van der Waals surface area contributed by atoms with E-state index in [2.05, 4.69) is 228 Å². The van der Waals surface area contributed by atoms with Gasteiger partial charge in [0.1, 0.15) is 11.5 Å². The lowest BCUT2D eigenvalue weighted by Crippen LogP contribution is -2.38. The Bertz CT molecular complexity index is 3200. The number of para-hydroxylation sites is 5. The summed E-state index contributed by atoms with van der Waals surface area (Å²) in [7, 11) is 0. The third-order valence-corrected chi connectivity index (χ3v) is 12.2. The molecule has 0 N–H and O–H groups in total. The van der Waals surface area contributed by atoms with Crippen molar-refractivity contribution in [1.29, 1.82) is 0 Å². The normalized spacial score (nSPS) is 14.8. The molecule has 0 aliphatic carbocycles. The van der Waals surface area contributed by atoms with Gasteiger partial charge >= 0.3 is 0 Å². The van der Waals surface area contributed by atoms with Crippen LogP contribution in [0.2, 0.25) is 0 Å². The summed E-state index contributed by atoms with van der Waals surface area (Å²) in [5.74, 6) is 1.73. The molecule has 0 amide bonds. The molecule has 1 atom stereocenters. The van der Waals surface area contributed by atoms with Crippen molar-refractivity contribution < 1.29 is 4.74 Å². The number of hydrogen-bond acceptors (Lipinski definition) is 2. The molecule has 0 saturated heterocycles. The fourth-order valence-corrected chi connectivity index (χ4v) is 9.84. The van der Waals surface area contributed by atoms with E-state index in [1.807, 2.05) is 0 Å². The van der Waals surface area contributed by atoms with Crippen LogP contribution >= 0.6 is 0 Å². The first kappa shape index (κ1) is 32.6. The highest BCUT2D eigenvalue weighted by molar-refractivity contribution is 6.12. The van der Waals surface area contributed by atoms with E-state index in [1.165, 1.54) is 49.7 Å². The quantitative estimate of drug-likeness (QED) is 0.175. The van der Waals surface area contributed by atoms with Crippen LogP contribution in [0.5, 0.6) is 11.5 Å². The highest BCUT2D eigenvalue weighted by Gasteiger charge is 2.50. The number of benzene rings is 9. The summed E-state index contributed by atoms with van der Waals surface area (Å²) in [5, 5.41) is 2.50. The lowest BCUT2D eigenvalue weighted by atomic mass is 9.61. The largest absolute Gasteiger partial charge is 0.457 e. The molecule has 2 aliphatic rings. The SMILES string of the molecule is c1ccc(-c2ccc(N(c3ccc4c(c3)C3(c5ccccc5O4)c4ccccc4-n4c5ccccc5c5cccc3c54)c3ccccc3-c3ccccc3)cc2)cc1. The second kappa shape index (κ2) is 12.7. The van der Waals surface area contributed by atoms with Crippen LogP contribution in [0.15, 0.2) is 218 Å². The van der Waals surface area contributed by atoms with Crippen LogP contribution in [0.4, 0.5) is 17.1 Å². The van der Waals surface area contributed by atoms with Gasteiger partial charge in [-0.1, -0.05) is 164 Å². The van der Waals surface area contributed by atoms with Gasteiger partial charge in [0.15, 0.2) is 0 Å². The first-order valence-corrected chi connectivity index (χ1v) is 19.9. The van der Waals surface area contributed by atoms with Gasteiger partial charge in [0.05, 0.1) is 27.8 Å². The minimum atomic E-state index is -0.678. The van der Waals surface area contributed by atoms with Crippen molar-refractivity contribution >= 4 is 38.9 Å². The van der Waals surface area contributed by atoms with E-state index in [0.717, 1.165) is 50.8 Å². The minimum absolute atomic E-state index is 0.678. The number of ether oxygens (including phenoxy) is 1. The van der Waals surface area contributed by atoms with Crippen molar-refractivity contribution in [2.45, 2.75) is 5.41 Å². The summed E-state index contributed by atoms with van der Waals surface area (Å²) in [6.07, 6.45) is 0. The molecule has 10 aromatic rings. The van der Waals surface area contributed by atoms with Gasteiger partial charge < -0.3 is 14.2 Å². The summed E-state index contributed by atoms with van der Waals surface area (Å²) in [4.78, 5) is 2.41. The van der Waals surface area contributed by atoms with E-state index in [0.29, 0.717) is 0 Å². The average Bonchev–Trinajstić information content (AvgIpc) is 3.64. The molecule has 0 bridgehead atoms. The minimum Gasteiger partial charge on any atom is -0.457 e. The fraction of sp³-hybridized carbons (Fsp3) is 0.0182. The monoisotopic (exact) mass is 740 g/mol. The van der Waals surface area contributed by atoms with Crippen LogP contribution < -0.4 is 9.64 Å². The maximum absolute atomic E-state index is 6.94. The Hall–Kier alpha value is -7.62. The molecule has 1 spiro atoms. The smallest absolute Gasteiger partial charge is 0.132 e. The molecule has 1 unspecified atom stereocenters. The molecule has 0 saturated carbocycles. The van der Waals surface area contributed by atoms with Gasteiger partial charge in [-0.3, -0.25) is 0 Å². The summed E-state index contributed by atoms with van der Waals surface area (Å²) in [6.45, 7) is 0. The highest BCUT2D eigenvalue weighted by Crippen LogP contribution is 2.61. The van der Waals surface area contributed by atoms with Crippen molar-refractivity contribution in [2.75, 3.05) is 4.90 Å². The molecule has 0 fully saturated rings. The van der Waals surface area contributed by atoms with Crippen LogP contribution in [0.25, 0.3) is 49.7 Å². The topological polar surface area (TPSA) is 17.4 Å². The summed E-state index contributed by atoms with van der Waals surface area (Å²) >= 11 is 0. The molecular weight excluding hydrogens is 705 g/mol. The molecular formula is C55H36N2O. The van der Waals surface area contributed by atoms with Crippen LogP contribution in [0.1, 0.15) is 22.3 Å². The summed E-state index contributed by atoms with van der Waals surface area (Å²) in [5.41, 5.74) is 15.6. The number of anilines is 3. The Morgan fingerprint density at radius 3 is 1.84 bits per heavy atom. The number of fused-ring (bicyclic) bond motifs is 11. The van der Waals surface area contributed by atoms with Gasteiger partial charge in [-0.05, 0) is 82.4 Å². The average molecular weight is 741 g/mol. The van der Waals surface area contributed by atoms with E-state index in [4.69, 9.17) is 4.74 Å². The first-order chi connectivity index (χ1) is 28.8. The van der Waals surface area contributed by atoms with Crippen LogP contribution in [0, 0.1) is 0 Å². The summed E-state index contributed by atoms with van der Waals surface area (Å²) in [6, 6.07) is 79.1. The molecule has 3 heterocycles. The van der Waals surface area contributed by atoms with Gasteiger partial charge in [-0.15, -0.1) is 0 Å². The fourth-order valence-electron chi connectivity index (χ4n) is 9.84. The van der Waals surface area contributed by atoms with Gasteiger partial charge in [0.25, 0.3) is 0 Å². The molecule has 3 heteroatoms. The molecule has 58 heavy (non-hydrogen) atoms. The highest BCUT2D eigenvalue weighted by atomic mass is 16.5. The third kappa shape index (κ3) is 4.62. The van der Waals surface area contributed by atoms with Crippen molar-refractivity contribution in [3.8, 4) is 39.4 Å². The van der Waals surface area contributed by atoms with Crippen molar-refractivity contribution in [3.63, 3.8) is 0 Å². The molecule has 2 aliphatic heterocycles. The predicted octanol–water partition coefficient (Wildman–Crippen LogP) is 14.4. The number of rotatable bonds is 5. The molecule has 1 aromatic heterocycles. The third-order valence-electron chi connectivity index (χ3n) is 12.2. The molecule has 3 nitrogen and oxygen atoms in total. The van der Waals surface area contributed by atoms with Crippen LogP contribution in [-0.2, 0) is 5.41 Å². The Morgan fingerprint density at radius 2 is 1.00 bits per heavy atom. The van der Waals surface area contributed by atoms with Gasteiger partial charge in [-0.2, -0.15) is 0 Å². The Balaban J connectivity index is 1.16. The van der Waals surface area contributed by atoms with E-state index in [1.54, 1.807) is 0 Å². The van der Waals surface area contributed by atoms with Crippen molar-refractivity contribution in [1.82, 2.24) is 4.57 Å². The van der Waals surface area contributed by atoms with Gasteiger partial charge in [-0.25, -0.2) is 0 Å². The van der Waals surface area contributed by atoms with E-state index in [-0.39, 0.29) is 0 Å². The standard InChI is InChI=1S/C55H36N2O/c1-3-16-37(17-4-1)38-30-32-40(33-31-38)56(49-26-11-7-20-42(49)39-18-5-2-6-19-39)41-34-35-53-48(36-41)55(46-24-10-14-29-52(46)58-53)45-23-9-13-28-51(45)57-50-27-12-8-21-43(50)44-22-15-25-47(55)54(44)57/h1-36H. The van der Waals surface area contributed by atoms with E-state index < -0.39 is 5.41 Å². The summed E-state index contributed by atoms with van der Waals surface area (Å²) < 4.78 is 9.43. The van der Waals surface area contributed by atoms with Gasteiger partial charge in [0.2, 0.25) is 0 Å². The second-order valence-electron chi connectivity index (χ2n) is 15.2. The number of nitrogens with zero attached hydrogens (tertiary/aromatic N) is 2. The van der Waals surface area contributed by atoms with Crippen LogP contribution in [0.3, 0.4) is 0 Å². The van der Waals surface area contributed by atoms with E-state index >= 15 is 0 Å². The Morgan fingerprint density at radius 1 is 0.397 bits per heavy atom.